The number of amides is 1. The van der Waals surface area contributed by atoms with Crippen LogP contribution in [0.25, 0.3) is 0 Å². The van der Waals surface area contributed by atoms with E-state index in [4.69, 9.17) is 9.47 Å². The van der Waals surface area contributed by atoms with Crippen LogP contribution in [0.4, 0.5) is 5.69 Å². The highest BCUT2D eigenvalue weighted by Gasteiger charge is 2.20. The predicted molar refractivity (Wildman–Crippen MR) is 81.6 cm³/mol. The van der Waals surface area contributed by atoms with E-state index in [1.807, 2.05) is 24.3 Å². The number of hydrogen-bond acceptors (Lipinski definition) is 5. The van der Waals surface area contributed by atoms with E-state index >= 15 is 0 Å². The van der Waals surface area contributed by atoms with E-state index < -0.39 is 0 Å². The standard InChI is InChI=1S/C14H20N2O3S/c1-18-6-7-19-12-4-2-3-11(9-12)16-14(17)13-10-20-8-5-15-13/h2-4,9,13,15H,5-8,10H2,1H3,(H,16,17). The number of ether oxygens (including phenoxy) is 2. The van der Waals surface area contributed by atoms with E-state index in [0.29, 0.717) is 13.2 Å². The van der Waals surface area contributed by atoms with Crippen molar-refractivity contribution in [2.45, 2.75) is 6.04 Å². The third kappa shape index (κ3) is 4.70. The molecule has 110 valence electrons. The summed E-state index contributed by atoms with van der Waals surface area (Å²) < 4.78 is 10.5. The van der Waals surface area contributed by atoms with Gasteiger partial charge in [0.2, 0.25) is 5.91 Å². The maximum absolute atomic E-state index is 12.1. The lowest BCUT2D eigenvalue weighted by Crippen LogP contribution is -2.46. The average Bonchev–Trinajstić information content (AvgIpc) is 2.49. The normalized spacial score (nSPS) is 18.6. The van der Waals surface area contributed by atoms with Crippen molar-refractivity contribution in [2.75, 3.05) is 43.7 Å². The minimum Gasteiger partial charge on any atom is -0.491 e. The minimum absolute atomic E-state index is 0.00578. The molecule has 2 rings (SSSR count). The Morgan fingerprint density at radius 2 is 2.40 bits per heavy atom. The summed E-state index contributed by atoms with van der Waals surface area (Å²) in [5, 5.41) is 6.13. The highest BCUT2D eigenvalue weighted by molar-refractivity contribution is 7.99. The number of rotatable bonds is 6. The summed E-state index contributed by atoms with van der Waals surface area (Å²) >= 11 is 1.80. The van der Waals surface area contributed by atoms with Crippen molar-refractivity contribution < 1.29 is 14.3 Å². The van der Waals surface area contributed by atoms with E-state index in [1.54, 1.807) is 18.9 Å². The molecule has 1 aliphatic heterocycles. The van der Waals surface area contributed by atoms with Crippen LogP contribution >= 0.6 is 11.8 Å². The van der Waals surface area contributed by atoms with Crippen LogP contribution in [0.15, 0.2) is 24.3 Å². The van der Waals surface area contributed by atoms with Crippen LogP contribution in [-0.2, 0) is 9.53 Å². The molecule has 5 nitrogen and oxygen atoms in total. The maximum atomic E-state index is 12.1. The molecule has 6 heteroatoms. The number of anilines is 1. The molecule has 0 saturated carbocycles. The maximum Gasteiger partial charge on any atom is 0.242 e. The second-order valence-electron chi connectivity index (χ2n) is 4.44. The molecule has 1 aliphatic rings. The fourth-order valence-corrected chi connectivity index (χ4v) is 2.80. The van der Waals surface area contributed by atoms with Crippen molar-refractivity contribution in [3.8, 4) is 5.75 Å². The monoisotopic (exact) mass is 296 g/mol. The molecule has 0 aromatic heterocycles. The van der Waals surface area contributed by atoms with Gasteiger partial charge in [0.15, 0.2) is 0 Å². The lowest BCUT2D eigenvalue weighted by molar-refractivity contribution is -0.117. The molecule has 0 radical (unpaired) electrons. The van der Waals surface area contributed by atoms with E-state index in [2.05, 4.69) is 10.6 Å². The van der Waals surface area contributed by atoms with E-state index in [-0.39, 0.29) is 11.9 Å². The minimum atomic E-state index is -0.119. The van der Waals surface area contributed by atoms with Gasteiger partial charge in [-0.3, -0.25) is 4.79 Å². The van der Waals surface area contributed by atoms with Crippen LogP contribution in [0.1, 0.15) is 0 Å². The van der Waals surface area contributed by atoms with E-state index in [1.165, 1.54) is 0 Å². The molecule has 0 spiro atoms. The van der Waals surface area contributed by atoms with Crippen molar-refractivity contribution in [3.63, 3.8) is 0 Å². The second-order valence-corrected chi connectivity index (χ2v) is 5.59. The Morgan fingerprint density at radius 3 is 3.15 bits per heavy atom. The largest absolute Gasteiger partial charge is 0.491 e. The van der Waals surface area contributed by atoms with Crippen LogP contribution in [-0.4, -0.2) is 50.3 Å². The van der Waals surface area contributed by atoms with Gasteiger partial charge in [0.25, 0.3) is 0 Å². The highest BCUT2D eigenvalue weighted by Crippen LogP contribution is 2.18. The molecular weight excluding hydrogens is 276 g/mol. The number of nitrogens with one attached hydrogen (secondary N) is 2. The smallest absolute Gasteiger partial charge is 0.242 e. The third-order valence-corrected chi connectivity index (χ3v) is 3.96. The number of carbonyl (C=O) groups excluding carboxylic acids is 1. The Kier molecular flexibility index (Phi) is 6.17. The van der Waals surface area contributed by atoms with Gasteiger partial charge in [-0.1, -0.05) is 6.07 Å². The number of benzene rings is 1. The van der Waals surface area contributed by atoms with Gasteiger partial charge in [-0.2, -0.15) is 11.8 Å². The summed E-state index contributed by atoms with van der Waals surface area (Å²) in [6, 6.07) is 7.29. The first kappa shape index (κ1) is 15.2. The molecule has 2 N–H and O–H groups in total. The quantitative estimate of drug-likeness (QED) is 0.776. The fraction of sp³-hybridized carbons (Fsp3) is 0.500. The summed E-state index contributed by atoms with van der Waals surface area (Å²) in [6.45, 7) is 1.91. The predicted octanol–water partition coefficient (Wildman–Crippen LogP) is 1.36. The Balaban J connectivity index is 1.88. The fourth-order valence-electron chi connectivity index (χ4n) is 1.87. The zero-order chi connectivity index (χ0) is 14.2. The van der Waals surface area contributed by atoms with Crippen molar-refractivity contribution in [3.05, 3.63) is 24.3 Å². The van der Waals surface area contributed by atoms with E-state index in [9.17, 15) is 4.79 Å². The molecule has 1 atom stereocenters. The molecule has 1 aromatic carbocycles. The van der Waals surface area contributed by atoms with Crippen LogP contribution in [0.5, 0.6) is 5.75 Å². The first-order chi connectivity index (χ1) is 9.79. The summed E-state index contributed by atoms with van der Waals surface area (Å²) in [7, 11) is 1.63. The Labute approximate surface area is 123 Å². The van der Waals surface area contributed by atoms with Crippen molar-refractivity contribution in [1.29, 1.82) is 0 Å². The molecule has 1 unspecified atom stereocenters. The molecule has 0 bridgehead atoms. The first-order valence-electron chi connectivity index (χ1n) is 6.63. The van der Waals surface area contributed by atoms with E-state index in [0.717, 1.165) is 29.5 Å². The van der Waals surface area contributed by atoms with Gasteiger partial charge < -0.3 is 20.1 Å². The Hall–Kier alpha value is -1.24. The molecule has 1 fully saturated rings. The molecule has 1 heterocycles. The average molecular weight is 296 g/mol. The molecule has 20 heavy (non-hydrogen) atoms. The molecule has 0 aliphatic carbocycles. The summed E-state index contributed by atoms with van der Waals surface area (Å²) in [5.41, 5.74) is 0.752. The molecular formula is C14H20N2O3S. The molecule has 1 amide bonds. The lowest BCUT2D eigenvalue weighted by Gasteiger charge is -2.22. The number of hydrogen-bond donors (Lipinski definition) is 2. The summed E-state index contributed by atoms with van der Waals surface area (Å²) in [6.07, 6.45) is 0. The van der Waals surface area contributed by atoms with Gasteiger partial charge in [-0.25, -0.2) is 0 Å². The zero-order valence-corrected chi connectivity index (χ0v) is 12.4. The Morgan fingerprint density at radius 1 is 1.50 bits per heavy atom. The second kappa shape index (κ2) is 8.14. The lowest BCUT2D eigenvalue weighted by atomic mass is 10.2. The number of thioether (sulfide) groups is 1. The number of methoxy groups -OCH3 is 1. The molecule has 1 aromatic rings. The summed E-state index contributed by atoms with van der Waals surface area (Å²) in [5.74, 6) is 2.61. The van der Waals surface area contributed by atoms with Crippen molar-refractivity contribution in [1.82, 2.24) is 5.32 Å². The summed E-state index contributed by atoms with van der Waals surface area (Å²) in [4.78, 5) is 12.1. The zero-order valence-electron chi connectivity index (χ0n) is 11.6. The van der Waals surface area contributed by atoms with Gasteiger partial charge in [-0.05, 0) is 12.1 Å². The first-order valence-corrected chi connectivity index (χ1v) is 7.79. The van der Waals surface area contributed by atoms with Crippen LogP contribution < -0.4 is 15.4 Å². The van der Waals surface area contributed by atoms with Crippen LogP contribution in [0.3, 0.4) is 0 Å². The topological polar surface area (TPSA) is 59.6 Å². The highest BCUT2D eigenvalue weighted by atomic mass is 32.2. The van der Waals surface area contributed by atoms with Gasteiger partial charge in [0, 0.05) is 36.9 Å². The van der Waals surface area contributed by atoms with Gasteiger partial charge in [0.1, 0.15) is 12.4 Å². The van der Waals surface area contributed by atoms with Gasteiger partial charge in [0.05, 0.1) is 12.6 Å². The van der Waals surface area contributed by atoms with Crippen molar-refractivity contribution >= 4 is 23.4 Å². The number of carbonyl (C=O) groups is 1. The van der Waals surface area contributed by atoms with Crippen molar-refractivity contribution in [2.24, 2.45) is 0 Å². The molecule has 1 saturated heterocycles. The van der Waals surface area contributed by atoms with Crippen LogP contribution in [0.2, 0.25) is 0 Å². The SMILES string of the molecule is COCCOc1cccc(NC(=O)C2CSCCN2)c1. The van der Waals surface area contributed by atoms with Crippen LogP contribution in [0, 0.1) is 0 Å². The Bertz CT molecular complexity index is 436. The van der Waals surface area contributed by atoms with Gasteiger partial charge >= 0.3 is 0 Å². The third-order valence-electron chi connectivity index (χ3n) is 2.90. The van der Waals surface area contributed by atoms with Gasteiger partial charge in [-0.15, -0.1) is 0 Å².